The van der Waals surface area contributed by atoms with Gasteiger partial charge in [0.05, 0.1) is 12.6 Å². The van der Waals surface area contributed by atoms with Gasteiger partial charge in [0.2, 0.25) is 35.4 Å². The SMILES string of the molecule is CC(C)C[C@H]1NC(=O)[C@@H](NC(=O)c2ncccc2O)[C@@H](C)OC(=O)[C@H](c2ccccc2)N(C)C(=O)[C@H](C)NC(=O)C([C@@H](C)C(C)C)N(C)C(=O)CN(C)C(=O)[C@H]2C[C@@H](O)CN2C1=O. The maximum absolute atomic E-state index is 14.5. The highest BCUT2D eigenvalue weighted by atomic mass is 16.5. The summed E-state index contributed by atoms with van der Waals surface area (Å²) in [6.07, 6.45) is -1.52. The number of aromatic hydroxyl groups is 1. The minimum atomic E-state index is -1.74. The predicted molar refractivity (Wildman–Crippen MR) is 228 cm³/mol. The molecule has 0 bridgehead atoms. The van der Waals surface area contributed by atoms with Crippen molar-refractivity contribution in [2.45, 2.75) is 110 Å². The normalized spacial score (nSPS) is 27.0. The number of esters is 1. The number of pyridine rings is 1. The van der Waals surface area contributed by atoms with Crippen molar-refractivity contribution < 1.29 is 53.3 Å². The van der Waals surface area contributed by atoms with Crippen LogP contribution < -0.4 is 16.0 Å². The van der Waals surface area contributed by atoms with Crippen molar-refractivity contribution in [2.24, 2.45) is 17.8 Å². The highest BCUT2D eigenvalue weighted by Gasteiger charge is 2.45. The second kappa shape index (κ2) is 21.3. The summed E-state index contributed by atoms with van der Waals surface area (Å²) in [5.41, 5.74) is -0.145. The Kier molecular flexibility index (Phi) is 16.8. The molecule has 4 rings (SSSR count). The number of carbonyl (C=O) groups excluding carboxylic acids is 8. The van der Waals surface area contributed by atoms with Gasteiger partial charge in [-0.05, 0) is 55.7 Å². The number of hydrogen-bond acceptors (Lipinski definition) is 12. The number of aliphatic hydroxyl groups excluding tert-OH is 1. The van der Waals surface area contributed by atoms with Crippen LogP contribution >= 0.6 is 0 Å². The summed E-state index contributed by atoms with van der Waals surface area (Å²) in [6.45, 7) is 11.1. The lowest BCUT2D eigenvalue weighted by atomic mass is 9.88. The number of aromatic nitrogens is 1. The molecule has 3 heterocycles. The maximum atomic E-state index is 14.5. The zero-order valence-electron chi connectivity index (χ0n) is 37.6. The lowest BCUT2D eigenvalue weighted by molar-refractivity contribution is -0.161. The molecule has 1 unspecified atom stereocenters. The zero-order chi connectivity index (χ0) is 47.0. The Labute approximate surface area is 367 Å². The number of rotatable bonds is 7. The Hall–Kier alpha value is -6.11. The zero-order valence-corrected chi connectivity index (χ0v) is 37.6. The average Bonchev–Trinajstić information content (AvgIpc) is 3.62. The van der Waals surface area contributed by atoms with Gasteiger partial charge in [-0.25, -0.2) is 9.78 Å². The van der Waals surface area contributed by atoms with Crippen LogP contribution in [0.15, 0.2) is 48.7 Å². The largest absolute Gasteiger partial charge is 0.505 e. The number of hydrogen-bond donors (Lipinski definition) is 5. The summed E-state index contributed by atoms with van der Waals surface area (Å²) in [6, 6.07) is 2.60. The summed E-state index contributed by atoms with van der Waals surface area (Å²) in [7, 11) is 4.13. The van der Waals surface area contributed by atoms with Gasteiger partial charge in [-0.2, -0.15) is 0 Å². The van der Waals surface area contributed by atoms with Crippen molar-refractivity contribution in [2.75, 3.05) is 34.2 Å². The molecule has 5 N–H and O–H groups in total. The molecule has 2 fully saturated rings. The van der Waals surface area contributed by atoms with Gasteiger partial charge in [0.1, 0.15) is 42.1 Å². The lowest BCUT2D eigenvalue weighted by Gasteiger charge is -2.37. The number of ether oxygens (including phenoxy) is 1. The van der Waals surface area contributed by atoms with Gasteiger partial charge in [-0.3, -0.25) is 33.6 Å². The van der Waals surface area contributed by atoms with Crippen LogP contribution in [0.1, 0.15) is 83.4 Å². The first kappa shape index (κ1) is 49.5. The molecule has 0 aliphatic carbocycles. The smallest absolute Gasteiger partial charge is 0.333 e. The Morgan fingerprint density at radius 3 is 2.13 bits per heavy atom. The number of likely N-dealkylation sites (N-methyl/N-ethyl adjacent to an activating group) is 3. The topological polar surface area (TPSA) is 248 Å². The van der Waals surface area contributed by atoms with E-state index in [9.17, 15) is 48.6 Å². The van der Waals surface area contributed by atoms with E-state index in [0.717, 1.165) is 14.7 Å². The first-order valence-corrected chi connectivity index (χ1v) is 21.1. The summed E-state index contributed by atoms with van der Waals surface area (Å²) >= 11 is 0. The van der Waals surface area contributed by atoms with E-state index >= 15 is 0 Å². The Balaban J connectivity index is 1.86. The van der Waals surface area contributed by atoms with Crippen molar-refractivity contribution in [3.63, 3.8) is 0 Å². The predicted octanol–water partition coefficient (Wildman–Crippen LogP) is 0.606. The second-order valence-corrected chi connectivity index (χ2v) is 17.3. The first-order chi connectivity index (χ1) is 29.5. The van der Waals surface area contributed by atoms with Crippen LogP contribution in [-0.4, -0.2) is 159 Å². The number of fused-ring (bicyclic) bond motifs is 1. The highest BCUT2D eigenvalue weighted by molar-refractivity contribution is 6.00. The molecular formula is C44H62N8O11. The number of cyclic esters (lactones) is 1. The molecule has 19 nitrogen and oxygen atoms in total. The molecule has 2 aliphatic heterocycles. The van der Waals surface area contributed by atoms with Gasteiger partial charge in [0, 0.05) is 40.3 Å². The summed E-state index contributed by atoms with van der Waals surface area (Å²) in [5, 5.41) is 29.1. The summed E-state index contributed by atoms with van der Waals surface area (Å²) < 4.78 is 5.91. The van der Waals surface area contributed by atoms with E-state index in [1.165, 1.54) is 58.2 Å². The molecule has 2 saturated heterocycles. The Morgan fingerprint density at radius 2 is 1.52 bits per heavy atom. The third kappa shape index (κ3) is 11.9. The van der Waals surface area contributed by atoms with E-state index in [1.807, 2.05) is 13.8 Å². The highest BCUT2D eigenvalue weighted by Crippen LogP contribution is 2.26. The molecule has 0 saturated carbocycles. The van der Waals surface area contributed by atoms with Crippen LogP contribution in [0.5, 0.6) is 5.75 Å². The second-order valence-electron chi connectivity index (χ2n) is 17.3. The summed E-state index contributed by atoms with van der Waals surface area (Å²) in [4.78, 5) is 122. The van der Waals surface area contributed by atoms with E-state index in [2.05, 4.69) is 20.9 Å². The van der Waals surface area contributed by atoms with Gasteiger partial charge < -0.3 is 50.5 Å². The first-order valence-electron chi connectivity index (χ1n) is 21.1. The molecule has 63 heavy (non-hydrogen) atoms. The van der Waals surface area contributed by atoms with E-state index in [4.69, 9.17) is 4.74 Å². The van der Waals surface area contributed by atoms with Crippen LogP contribution in [0.2, 0.25) is 0 Å². The van der Waals surface area contributed by atoms with Gasteiger partial charge in [0.15, 0.2) is 11.7 Å². The molecule has 7 amide bonds. The molecule has 2 aliphatic rings. The van der Waals surface area contributed by atoms with E-state index in [-0.39, 0.29) is 31.2 Å². The monoisotopic (exact) mass is 878 g/mol. The number of nitrogens with one attached hydrogen (secondary N) is 3. The fourth-order valence-electron chi connectivity index (χ4n) is 7.82. The number of benzene rings is 1. The minimum absolute atomic E-state index is 0.0335. The maximum Gasteiger partial charge on any atom is 0.333 e. The Bertz CT molecular complexity index is 2020. The molecule has 1 aromatic carbocycles. The minimum Gasteiger partial charge on any atom is -0.505 e. The van der Waals surface area contributed by atoms with E-state index in [0.29, 0.717) is 5.56 Å². The van der Waals surface area contributed by atoms with E-state index in [1.54, 1.807) is 51.1 Å². The number of amides is 7. The van der Waals surface area contributed by atoms with Gasteiger partial charge in [-0.1, -0.05) is 65.0 Å². The Morgan fingerprint density at radius 1 is 0.873 bits per heavy atom. The molecule has 0 radical (unpaired) electrons. The van der Waals surface area contributed by atoms with Crippen molar-refractivity contribution in [3.05, 3.63) is 59.9 Å². The van der Waals surface area contributed by atoms with Gasteiger partial charge in [-0.15, -0.1) is 0 Å². The number of nitrogens with zero attached hydrogens (tertiary/aromatic N) is 5. The molecule has 0 spiro atoms. The molecule has 2 aromatic rings. The van der Waals surface area contributed by atoms with Crippen molar-refractivity contribution in [1.29, 1.82) is 0 Å². The van der Waals surface area contributed by atoms with Crippen LogP contribution in [0.25, 0.3) is 0 Å². The lowest BCUT2D eigenvalue weighted by Crippen LogP contribution is -2.60. The van der Waals surface area contributed by atoms with Crippen LogP contribution in [0, 0.1) is 17.8 Å². The molecule has 9 atom stereocenters. The van der Waals surface area contributed by atoms with Crippen LogP contribution in [0.4, 0.5) is 0 Å². The average molecular weight is 879 g/mol. The van der Waals surface area contributed by atoms with Crippen LogP contribution in [0.3, 0.4) is 0 Å². The summed E-state index contributed by atoms with van der Waals surface area (Å²) in [5.74, 6) is -7.75. The van der Waals surface area contributed by atoms with Crippen molar-refractivity contribution in [3.8, 4) is 5.75 Å². The number of aliphatic hydroxyl groups is 1. The quantitative estimate of drug-likeness (QED) is 0.240. The molecule has 344 valence electrons. The fraction of sp³-hybridized carbons (Fsp3) is 0.568. The van der Waals surface area contributed by atoms with Crippen molar-refractivity contribution >= 4 is 47.3 Å². The molecular weight excluding hydrogens is 817 g/mol. The van der Waals surface area contributed by atoms with Crippen molar-refractivity contribution in [1.82, 2.24) is 40.5 Å². The fourth-order valence-corrected chi connectivity index (χ4v) is 7.82. The number of carbonyl (C=O) groups is 8. The third-order valence-electron chi connectivity index (χ3n) is 11.7. The van der Waals surface area contributed by atoms with Gasteiger partial charge in [0.25, 0.3) is 5.91 Å². The third-order valence-corrected chi connectivity index (χ3v) is 11.7. The van der Waals surface area contributed by atoms with E-state index < -0.39 is 120 Å². The molecule has 1 aromatic heterocycles. The standard InChI is InChI=1S/C44H62N8O11/c1-23(2)19-30-42(60)52-21-29(53)20-31(52)43(61)49(8)22-33(55)50(9)36(25(5)24(3)4)40(58)46-26(6)41(59)51(10)37(28-15-12-11-13-16-28)44(62)63-27(7)34(38(56)47-30)48-39(57)35-32(54)17-14-18-45-35/h11-18,23-27,29-31,34,36-37,53-54H,19-22H2,1-10H3,(H,46,58)(H,47,56)(H,48,57)/t25-,26-,27+,29+,30+,31+,34-,36?,37-/m0/s1. The van der Waals surface area contributed by atoms with Gasteiger partial charge >= 0.3 is 5.97 Å². The molecule has 19 heteroatoms. The van der Waals surface area contributed by atoms with Crippen LogP contribution in [-0.2, 0) is 38.3 Å².